The monoisotopic (exact) mass is 325 g/mol. The van der Waals surface area contributed by atoms with Crippen LogP contribution in [0.3, 0.4) is 0 Å². The highest BCUT2D eigenvalue weighted by molar-refractivity contribution is 9.10. The van der Waals surface area contributed by atoms with Crippen molar-refractivity contribution in [3.05, 3.63) is 33.8 Å². The zero-order chi connectivity index (χ0) is 13.8. The Balaban J connectivity index is 1.89. The maximum absolute atomic E-state index is 12.1. The molecule has 0 heterocycles. The normalized spacial score (nSPS) is 14.5. The Hall–Kier alpha value is -0.870. The highest BCUT2D eigenvalue weighted by Gasteiger charge is 2.31. The second kappa shape index (κ2) is 6.53. The van der Waals surface area contributed by atoms with E-state index in [0.717, 1.165) is 23.7 Å². The molecule has 0 atom stereocenters. The summed E-state index contributed by atoms with van der Waals surface area (Å²) in [4.78, 5) is 14.0. The number of hydrogen-bond donors (Lipinski definition) is 1. The Morgan fingerprint density at radius 2 is 2.21 bits per heavy atom. The van der Waals surface area contributed by atoms with Crippen LogP contribution in [0.25, 0.3) is 0 Å². The van der Waals surface area contributed by atoms with Gasteiger partial charge in [-0.3, -0.25) is 4.79 Å². The second-order valence-corrected chi connectivity index (χ2v) is 5.98. The number of rotatable bonds is 6. The van der Waals surface area contributed by atoms with E-state index in [9.17, 15) is 4.79 Å². The Morgan fingerprint density at radius 3 is 2.79 bits per heavy atom. The van der Waals surface area contributed by atoms with Crippen molar-refractivity contribution in [3.63, 3.8) is 0 Å². The molecule has 19 heavy (non-hydrogen) atoms. The first-order valence-corrected chi connectivity index (χ1v) is 7.56. The van der Waals surface area contributed by atoms with Gasteiger partial charge in [-0.15, -0.1) is 0 Å². The van der Waals surface area contributed by atoms with Gasteiger partial charge in [0.25, 0.3) is 0 Å². The molecule has 1 aromatic rings. The van der Waals surface area contributed by atoms with E-state index < -0.39 is 0 Å². The van der Waals surface area contributed by atoms with E-state index in [0.29, 0.717) is 19.0 Å². The van der Waals surface area contributed by atoms with Gasteiger partial charge in [0.1, 0.15) is 0 Å². The van der Waals surface area contributed by atoms with Gasteiger partial charge in [-0.2, -0.15) is 0 Å². The number of halogens is 1. The van der Waals surface area contributed by atoms with E-state index in [-0.39, 0.29) is 12.5 Å². The SMILES string of the molecule is Cc1cc(CCC(=O)N(CCO)C2CC2)ccc1Br. The summed E-state index contributed by atoms with van der Waals surface area (Å²) in [5.74, 6) is 0.164. The Bertz CT molecular complexity index is 457. The molecule has 4 heteroatoms. The molecule has 0 spiro atoms. The highest BCUT2D eigenvalue weighted by atomic mass is 79.9. The number of aliphatic hydroxyl groups excluding tert-OH is 1. The van der Waals surface area contributed by atoms with Gasteiger partial charge in [-0.25, -0.2) is 0 Å². The van der Waals surface area contributed by atoms with Crippen molar-refractivity contribution < 1.29 is 9.90 Å². The molecular formula is C15H20BrNO2. The van der Waals surface area contributed by atoms with E-state index in [2.05, 4.69) is 35.0 Å². The van der Waals surface area contributed by atoms with Crippen molar-refractivity contribution >= 4 is 21.8 Å². The summed E-state index contributed by atoms with van der Waals surface area (Å²) in [5, 5.41) is 9.02. The van der Waals surface area contributed by atoms with Gasteiger partial charge in [0.15, 0.2) is 0 Å². The molecule has 1 N–H and O–H groups in total. The molecule has 1 fully saturated rings. The first-order valence-electron chi connectivity index (χ1n) is 6.77. The van der Waals surface area contributed by atoms with Crippen LogP contribution in [-0.4, -0.2) is 35.1 Å². The van der Waals surface area contributed by atoms with Crippen LogP contribution >= 0.6 is 15.9 Å². The van der Waals surface area contributed by atoms with Crippen molar-refractivity contribution in [1.29, 1.82) is 0 Å². The van der Waals surface area contributed by atoms with E-state index in [4.69, 9.17) is 5.11 Å². The molecule has 1 aliphatic rings. The molecule has 1 aliphatic carbocycles. The van der Waals surface area contributed by atoms with E-state index in [1.807, 2.05) is 11.0 Å². The van der Waals surface area contributed by atoms with E-state index >= 15 is 0 Å². The van der Waals surface area contributed by atoms with Crippen LogP contribution in [0.15, 0.2) is 22.7 Å². The summed E-state index contributed by atoms with van der Waals surface area (Å²) in [6.07, 6.45) is 3.46. The number of amides is 1. The van der Waals surface area contributed by atoms with Gasteiger partial charge in [-0.1, -0.05) is 28.1 Å². The van der Waals surface area contributed by atoms with Crippen LogP contribution in [0.2, 0.25) is 0 Å². The summed E-state index contributed by atoms with van der Waals surface area (Å²) in [6.45, 7) is 2.58. The summed E-state index contributed by atoms with van der Waals surface area (Å²) in [7, 11) is 0. The molecule has 1 amide bonds. The topological polar surface area (TPSA) is 40.5 Å². The molecule has 2 rings (SSSR count). The molecule has 0 aliphatic heterocycles. The molecule has 0 bridgehead atoms. The zero-order valence-corrected chi connectivity index (χ0v) is 12.8. The van der Waals surface area contributed by atoms with Gasteiger partial charge in [-0.05, 0) is 43.4 Å². The van der Waals surface area contributed by atoms with Crippen LogP contribution in [0.5, 0.6) is 0 Å². The molecule has 3 nitrogen and oxygen atoms in total. The van der Waals surface area contributed by atoms with Crippen molar-refractivity contribution in [2.45, 2.75) is 38.6 Å². The van der Waals surface area contributed by atoms with Crippen molar-refractivity contribution in [1.82, 2.24) is 4.90 Å². The number of benzene rings is 1. The third kappa shape index (κ3) is 4.05. The third-order valence-corrected chi connectivity index (χ3v) is 4.39. The molecular weight excluding hydrogens is 306 g/mol. The largest absolute Gasteiger partial charge is 0.395 e. The molecule has 1 saturated carbocycles. The minimum atomic E-state index is 0.0552. The Kier molecular flexibility index (Phi) is 4.99. The number of nitrogens with zero attached hydrogens (tertiary/aromatic N) is 1. The fourth-order valence-electron chi connectivity index (χ4n) is 2.26. The lowest BCUT2D eigenvalue weighted by molar-refractivity contribution is -0.132. The van der Waals surface area contributed by atoms with Gasteiger partial charge < -0.3 is 10.0 Å². The molecule has 0 unspecified atom stereocenters. The fourth-order valence-corrected chi connectivity index (χ4v) is 2.51. The molecule has 1 aromatic carbocycles. The average Bonchev–Trinajstić information content (AvgIpc) is 3.21. The minimum Gasteiger partial charge on any atom is -0.395 e. The minimum absolute atomic E-state index is 0.0552. The number of carbonyl (C=O) groups excluding carboxylic acids is 1. The first kappa shape index (κ1) is 14.5. The smallest absolute Gasteiger partial charge is 0.223 e. The maximum Gasteiger partial charge on any atom is 0.223 e. The summed E-state index contributed by atoms with van der Waals surface area (Å²) in [5.41, 5.74) is 2.38. The lowest BCUT2D eigenvalue weighted by Crippen LogP contribution is -2.35. The summed E-state index contributed by atoms with van der Waals surface area (Å²) in [6, 6.07) is 6.58. The maximum atomic E-state index is 12.1. The average molecular weight is 326 g/mol. The molecule has 0 aromatic heterocycles. The predicted molar refractivity (Wildman–Crippen MR) is 79.0 cm³/mol. The fraction of sp³-hybridized carbons (Fsp3) is 0.533. The van der Waals surface area contributed by atoms with Gasteiger partial charge in [0, 0.05) is 23.5 Å². The van der Waals surface area contributed by atoms with Crippen LogP contribution in [-0.2, 0) is 11.2 Å². The third-order valence-electron chi connectivity index (χ3n) is 3.50. The number of hydrogen-bond acceptors (Lipinski definition) is 2. The van der Waals surface area contributed by atoms with Crippen molar-refractivity contribution in [2.24, 2.45) is 0 Å². The molecule has 104 valence electrons. The zero-order valence-electron chi connectivity index (χ0n) is 11.2. The van der Waals surface area contributed by atoms with Crippen LogP contribution in [0.4, 0.5) is 0 Å². The number of aliphatic hydroxyl groups is 1. The van der Waals surface area contributed by atoms with Gasteiger partial charge in [0.2, 0.25) is 5.91 Å². The van der Waals surface area contributed by atoms with Gasteiger partial charge >= 0.3 is 0 Å². The highest BCUT2D eigenvalue weighted by Crippen LogP contribution is 2.27. The Morgan fingerprint density at radius 1 is 1.47 bits per heavy atom. The Labute approximate surface area is 122 Å². The number of carbonyl (C=O) groups is 1. The standard InChI is InChI=1S/C15H20BrNO2/c1-11-10-12(2-6-14(11)16)3-7-15(19)17(8-9-18)13-4-5-13/h2,6,10,13,18H,3-5,7-9H2,1H3. The van der Waals surface area contributed by atoms with Crippen LogP contribution < -0.4 is 0 Å². The lowest BCUT2D eigenvalue weighted by atomic mass is 10.1. The second-order valence-electron chi connectivity index (χ2n) is 5.13. The molecule has 0 saturated heterocycles. The first-order chi connectivity index (χ1) is 9.11. The van der Waals surface area contributed by atoms with Crippen molar-refractivity contribution in [2.75, 3.05) is 13.2 Å². The summed E-state index contributed by atoms with van der Waals surface area (Å²) >= 11 is 3.48. The van der Waals surface area contributed by atoms with E-state index in [1.165, 1.54) is 11.1 Å². The van der Waals surface area contributed by atoms with Crippen LogP contribution in [0.1, 0.15) is 30.4 Å². The van der Waals surface area contributed by atoms with Crippen molar-refractivity contribution in [3.8, 4) is 0 Å². The lowest BCUT2D eigenvalue weighted by Gasteiger charge is -2.21. The van der Waals surface area contributed by atoms with Gasteiger partial charge in [0.05, 0.1) is 6.61 Å². The van der Waals surface area contributed by atoms with Crippen LogP contribution in [0, 0.1) is 6.92 Å². The quantitative estimate of drug-likeness (QED) is 0.873. The summed E-state index contributed by atoms with van der Waals surface area (Å²) < 4.78 is 1.10. The predicted octanol–water partition coefficient (Wildman–Crippen LogP) is 2.67. The van der Waals surface area contributed by atoms with E-state index in [1.54, 1.807) is 0 Å². The number of aryl methyl sites for hydroxylation is 2. The molecule has 0 radical (unpaired) electrons.